The lowest BCUT2D eigenvalue weighted by Crippen LogP contribution is -2.24. The van der Waals surface area contributed by atoms with Gasteiger partial charge in [0.2, 0.25) is 0 Å². The van der Waals surface area contributed by atoms with Crippen LogP contribution < -0.4 is 11.2 Å². The molecule has 3 nitrogen and oxygen atoms in total. The molecule has 0 aliphatic rings. The highest BCUT2D eigenvalue weighted by Gasteiger charge is 2.00. The zero-order valence-corrected chi connectivity index (χ0v) is 8.73. The van der Waals surface area contributed by atoms with Crippen molar-refractivity contribution in [3.63, 3.8) is 0 Å². The molecule has 0 radical (unpaired) electrons. The van der Waals surface area contributed by atoms with E-state index < -0.39 is 0 Å². The van der Waals surface area contributed by atoms with Crippen LogP contribution in [0.1, 0.15) is 11.1 Å². The van der Waals surface area contributed by atoms with E-state index in [0.29, 0.717) is 5.70 Å². The van der Waals surface area contributed by atoms with Gasteiger partial charge < -0.3 is 10.2 Å². The Bertz CT molecular complexity index is 346. The fourth-order valence-corrected chi connectivity index (χ4v) is 1.10. The van der Waals surface area contributed by atoms with Crippen molar-refractivity contribution in [3.8, 4) is 0 Å². The molecule has 0 amide bonds. The van der Waals surface area contributed by atoms with Crippen LogP contribution >= 0.6 is 12.2 Å². The highest BCUT2D eigenvalue weighted by molar-refractivity contribution is 7.80. The number of thiocarbonyl (C=S) groups is 1. The van der Waals surface area contributed by atoms with Crippen LogP contribution in [0.25, 0.3) is 5.70 Å². The van der Waals surface area contributed by atoms with Crippen LogP contribution in [0.15, 0.2) is 30.8 Å². The molecule has 0 aliphatic heterocycles. The summed E-state index contributed by atoms with van der Waals surface area (Å²) < 4.78 is 0. The van der Waals surface area contributed by atoms with Crippen molar-refractivity contribution in [2.45, 2.75) is 6.92 Å². The number of rotatable bonds is 2. The summed E-state index contributed by atoms with van der Waals surface area (Å²) in [5, 5.41) is 2.86. The molecule has 0 saturated heterocycles. The van der Waals surface area contributed by atoms with Gasteiger partial charge in [-0.3, -0.25) is 0 Å². The standard InChI is InChI=1S/C10H12N2OS/c1-7-3-5-9(6-4-7)8(2)12-10(14)13-11/h3-6H,2,11H2,1H3,(H,12,14). The second-order valence-corrected chi connectivity index (χ2v) is 3.25. The first-order chi connectivity index (χ1) is 6.63. The molecule has 0 saturated carbocycles. The summed E-state index contributed by atoms with van der Waals surface area (Å²) in [5.74, 6) is 4.88. The van der Waals surface area contributed by atoms with Crippen molar-refractivity contribution < 1.29 is 4.84 Å². The van der Waals surface area contributed by atoms with Gasteiger partial charge in [-0.2, -0.15) is 5.90 Å². The van der Waals surface area contributed by atoms with Gasteiger partial charge in [0.1, 0.15) is 0 Å². The number of hydrogen-bond donors (Lipinski definition) is 2. The minimum Gasteiger partial charge on any atom is -0.381 e. The SMILES string of the molecule is C=C(NC(=S)ON)c1ccc(C)cc1. The zero-order chi connectivity index (χ0) is 10.6. The lowest BCUT2D eigenvalue weighted by Gasteiger charge is -2.08. The Balaban J connectivity index is 2.70. The predicted octanol–water partition coefficient (Wildman–Crippen LogP) is 1.73. The van der Waals surface area contributed by atoms with Crippen molar-refractivity contribution in [3.05, 3.63) is 42.0 Å². The lowest BCUT2D eigenvalue weighted by atomic mass is 10.1. The monoisotopic (exact) mass is 208 g/mol. The molecule has 0 atom stereocenters. The van der Waals surface area contributed by atoms with Gasteiger partial charge in [0.15, 0.2) is 0 Å². The quantitative estimate of drug-likeness (QED) is 0.574. The zero-order valence-electron chi connectivity index (χ0n) is 7.91. The van der Waals surface area contributed by atoms with Crippen molar-refractivity contribution in [2.24, 2.45) is 5.90 Å². The smallest absolute Gasteiger partial charge is 0.282 e. The third-order valence-corrected chi connectivity index (χ3v) is 1.96. The third-order valence-electron chi connectivity index (χ3n) is 1.76. The molecule has 14 heavy (non-hydrogen) atoms. The second kappa shape index (κ2) is 4.74. The Morgan fingerprint density at radius 1 is 1.43 bits per heavy atom. The number of hydrogen-bond acceptors (Lipinski definition) is 3. The Morgan fingerprint density at radius 3 is 2.50 bits per heavy atom. The molecule has 3 N–H and O–H groups in total. The number of benzene rings is 1. The largest absolute Gasteiger partial charge is 0.381 e. The third kappa shape index (κ3) is 2.83. The minimum absolute atomic E-state index is 0.107. The Morgan fingerprint density at radius 2 is 2.00 bits per heavy atom. The molecule has 0 aliphatic carbocycles. The van der Waals surface area contributed by atoms with Gasteiger partial charge in [-0.15, -0.1) is 0 Å². The van der Waals surface area contributed by atoms with Gasteiger partial charge in [0, 0.05) is 5.70 Å². The Hall–Kier alpha value is -1.39. The maximum Gasteiger partial charge on any atom is 0.282 e. The van der Waals surface area contributed by atoms with Gasteiger partial charge in [0.25, 0.3) is 5.17 Å². The minimum atomic E-state index is 0.107. The first kappa shape index (κ1) is 10.7. The van der Waals surface area contributed by atoms with Crippen LogP contribution in [0.3, 0.4) is 0 Å². The van der Waals surface area contributed by atoms with E-state index >= 15 is 0 Å². The molecule has 1 aromatic rings. The van der Waals surface area contributed by atoms with Crippen molar-refractivity contribution in [2.75, 3.05) is 0 Å². The van der Waals surface area contributed by atoms with Crippen molar-refractivity contribution in [1.29, 1.82) is 0 Å². The predicted molar refractivity (Wildman–Crippen MR) is 61.2 cm³/mol. The van der Waals surface area contributed by atoms with Gasteiger partial charge >= 0.3 is 0 Å². The summed E-state index contributed by atoms with van der Waals surface area (Å²) in [4.78, 5) is 4.33. The summed E-state index contributed by atoms with van der Waals surface area (Å²) in [6, 6.07) is 7.89. The maximum atomic E-state index is 4.88. The molecule has 1 rings (SSSR count). The number of nitrogens with two attached hydrogens (primary N) is 1. The molecule has 0 spiro atoms. The van der Waals surface area contributed by atoms with E-state index in [4.69, 9.17) is 18.1 Å². The molecular weight excluding hydrogens is 196 g/mol. The molecule has 0 unspecified atom stereocenters. The normalized spacial score (nSPS) is 9.29. The average molecular weight is 208 g/mol. The first-order valence-corrected chi connectivity index (χ1v) is 4.48. The molecule has 0 fully saturated rings. The Labute approximate surface area is 88.5 Å². The average Bonchev–Trinajstić information content (AvgIpc) is 2.18. The van der Waals surface area contributed by atoms with Gasteiger partial charge in [0.05, 0.1) is 0 Å². The van der Waals surface area contributed by atoms with E-state index in [1.165, 1.54) is 5.56 Å². The molecule has 1 aromatic carbocycles. The second-order valence-electron chi connectivity index (χ2n) is 2.87. The van der Waals surface area contributed by atoms with E-state index in [-0.39, 0.29) is 5.17 Å². The summed E-state index contributed by atoms with van der Waals surface area (Å²) >= 11 is 4.74. The molecular formula is C10H12N2OS. The molecule has 4 heteroatoms. The van der Waals surface area contributed by atoms with Crippen LogP contribution in [-0.2, 0) is 4.84 Å². The molecule has 0 heterocycles. The van der Waals surface area contributed by atoms with Crippen LogP contribution in [0.5, 0.6) is 0 Å². The summed E-state index contributed by atoms with van der Waals surface area (Å²) in [6.07, 6.45) is 0. The van der Waals surface area contributed by atoms with Crippen molar-refractivity contribution in [1.82, 2.24) is 5.32 Å². The molecule has 0 aromatic heterocycles. The van der Waals surface area contributed by atoms with Gasteiger partial charge in [-0.25, -0.2) is 0 Å². The van der Waals surface area contributed by atoms with E-state index in [9.17, 15) is 0 Å². The molecule has 0 bridgehead atoms. The Kier molecular flexibility index (Phi) is 3.62. The van der Waals surface area contributed by atoms with E-state index in [1.54, 1.807) is 0 Å². The van der Waals surface area contributed by atoms with E-state index in [2.05, 4.69) is 16.7 Å². The summed E-state index contributed by atoms with van der Waals surface area (Å²) in [7, 11) is 0. The molecule has 74 valence electrons. The van der Waals surface area contributed by atoms with Crippen LogP contribution in [0, 0.1) is 6.92 Å². The topological polar surface area (TPSA) is 47.3 Å². The maximum absolute atomic E-state index is 4.88. The highest BCUT2D eigenvalue weighted by atomic mass is 32.1. The first-order valence-electron chi connectivity index (χ1n) is 4.07. The van der Waals surface area contributed by atoms with Crippen LogP contribution in [0.4, 0.5) is 0 Å². The lowest BCUT2D eigenvalue weighted by molar-refractivity contribution is 0.319. The summed E-state index contributed by atoms with van der Waals surface area (Å²) in [5.41, 5.74) is 2.81. The fraction of sp³-hybridized carbons (Fsp3) is 0.100. The van der Waals surface area contributed by atoms with Gasteiger partial charge in [-0.05, 0) is 24.7 Å². The van der Waals surface area contributed by atoms with Crippen LogP contribution in [0.2, 0.25) is 0 Å². The number of aryl methyl sites for hydroxylation is 1. The van der Waals surface area contributed by atoms with E-state index in [0.717, 1.165) is 5.56 Å². The fourth-order valence-electron chi connectivity index (χ4n) is 0.980. The van der Waals surface area contributed by atoms with E-state index in [1.807, 2.05) is 31.2 Å². The highest BCUT2D eigenvalue weighted by Crippen LogP contribution is 2.10. The number of nitrogens with one attached hydrogen (secondary N) is 1. The van der Waals surface area contributed by atoms with Gasteiger partial charge in [-0.1, -0.05) is 36.4 Å². The van der Waals surface area contributed by atoms with Crippen molar-refractivity contribution >= 4 is 23.1 Å². The van der Waals surface area contributed by atoms with Crippen LogP contribution in [-0.4, -0.2) is 5.17 Å². The summed E-state index contributed by atoms with van der Waals surface area (Å²) in [6.45, 7) is 5.83.